The van der Waals surface area contributed by atoms with Crippen LogP contribution in [0.1, 0.15) is 133 Å². The van der Waals surface area contributed by atoms with Crippen LogP contribution in [0, 0.1) is 35.5 Å². The van der Waals surface area contributed by atoms with Crippen LogP contribution in [0.5, 0.6) is 0 Å². The summed E-state index contributed by atoms with van der Waals surface area (Å²) in [5.41, 5.74) is 1.67. The van der Waals surface area contributed by atoms with Crippen molar-refractivity contribution in [1.82, 2.24) is 31.9 Å². The molecule has 11 N–H and O–H groups in total. The second-order valence-electron chi connectivity index (χ2n) is 20.6. The van der Waals surface area contributed by atoms with Crippen molar-refractivity contribution in [2.45, 2.75) is 177 Å². The van der Waals surface area contributed by atoms with Crippen molar-refractivity contribution < 1.29 is 58.6 Å². The molecule has 0 aliphatic carbocycles. The molecule has 0 spiro atoms. The van der Waals surface area contributed by atoms with Gasteiger partial charge in [-0.1, -0.05) is 144 Å². The van der Waals surface area contributed by atoms with E-state index in [0.29, 0.717) is 38.5 Å². The molecule has 70 heavy (non-hydrogen) atoms. The van der Waals surface area contributed by atoms with Crippen molar-refractivity contribution in [3.63, 3.8) is 0 Å². The molecule has 2 rings (SSSR count). The Labute approximate surface area is 417 Å². The zero-order valence-electron chi connectivity index (χ0n) is 43.7. The van der Waals surface area contributed by atoms with Gasteiger partial charge in [0, 0.05) is 0 Å². The Morgan fingerprint density at radius 2 is 0.771 bits per heavy atom. The number of amides is 5. The molecular weight excluding hydrogens is 898 g/mol. The molecule has 7 atom stereocenters. The van der Waals surface area contributed by atoms with Crippen molar-refractivity contribution in [2.75, 3.05) is 0 Å². The molecular formula is C50H86B2N6O12. The van der Waals surface area contributed by atoms with E-state index in [2.05, 4.69) is 31.9 Å². The molecule has 0 radical (unpaired) electrons. The van der Waals surface area contributed by atoms with Crippen LogP contribution in [0.3, 0.4) is 0 Å². The summed E-state index contributed by atoms with van der Waals surface area (Å²) in [4.78, 5) is 63.9. The van der Waals surface area contributed by atoms with Gasteiger partial charge in [0.1, 0.15) is 31.5 Å². The topological polar surface area (TPSA) is 277 Å². The average Bonchev–Trinajstić information content (AvgIpc) is 3.26. The van der Waals surface area contributed by atoms with Crippen molar-refractivity contribution in [2.24, 2.45) is 35.5 Å². The third-order valence-electron chi connectivity index (χ3n) is 10.7. The van der Waals surface area contributed by atoms with Gasteiger partial charge in [-0.3, -0.25) is 19.7 Å². The average molecular weight is 985 g/mol. The largest absolute Gasteiger partial charge is 0.475 e. The number of alkyl carbamates (subject to hydrolysis) is 2. The maximum absolute atomic E-state index is 13.1. The third kappa shape index (κ3) is 28.2. The lowest BCUT2D eigenvalue weighted by atomic mass is 9.75. The van der Waals surface area contributed by atoms with E-state index in [4.69, 9.17) is 9.47 Å². The van der Waals surface area contributed by atoms with Crippen molar-refractivity contribution in [3.8, 4) is 0 Å². The van der Waals surface area contributed by atoms with E-state index in [-0.39, 0.29) is 48.7 Å². The summed E-state index contributed by atoms with van der Waals surface area (Å²) in [7, 11) is -3.41. The summed E-state index contributed by atoms with van der Waals surface area (Å²) in [6.07, 6.45) is -0.277. The summed E-state index contributed by atoms with van der Waals surface area (Å²) in [5.74, 6) is -2.39. The number of carbonyl (C=O) groups excluding carboxylic acids is 5. The van der Waals surface area contributed by atoms with Crippen molar-refractivity contribution in [3.05, 3.63) is 71.8 Å². The first kappa shape index (κ1) is 63.3. The van der Waals surface area contributed by atoms with Gasteiger partial charge in [0.2, 0.25) is 17.7 Å². The highest BCUT2D eigenvalue weighted by Crippen LogP contribution is 2.15. The van der Waals surface area contributed by atoms with Crippen LogP contribution < -0.4 is 31.9 Å². The van der Waals surface area contributed by atoms with Gasteiger partial charge < -0.3 is 61.3 Å². The maximum atomic E-state index is 13.1. The summed E-state index contributed by atoms with van der Waals surface area (Å²) in [5, 5.41) is 66.0. The maximum Gasteiger partial charge on any atom is 0.475 e. The number of rotatable bonds is 29. The minimum atomic E-state index is -1.72. The Balaban J connectivity index is 0.000000700. The number of aliphatic hydroxyl groups excluding tert-OH is 1. The van der Waals surface area contributed by atoms with Crippen LogP contribution in [0.15, 0.2) is 60.7 Å². The number of ether oxygens (including phenoxy) is 2. The number of nitrogens with one attached hydrogen (secondary N) is 6. The van der Waals surface area contributed by atoms with Crippen molar-refractivity contribution in [1.29, 1.82) is 0 Å². The van der Waals surface area contributed by atoms with E-state index in [1.165, 1.54) is 0 Å². The molecule has 394 valence electrons. The minimum Gasteiger partial charge on any atom is -0.445 e. The first-order chi connectivity index (χ1) is 32.8. The lowest BCUT2D eigenvalue weighted by Crippen LogP contribution is -2.59. The first-order valence-corrected chi connectivity index (χ1v) is 24.8. The van der Waals surface area contributed by atoms with E-state index in [1.807, 2.05) is 144 Å². The Morgan fingerprint density at radius 1 is 0.443 bits per heavy atom. The lowest BCUT2D eigenvalue weighted by molar-refractivity contribution is -0.130. The first-order valence-electron chi connectivity index (χ1n) is 24.8. The molecule has 0 heterocycles. The quantitative estimate of drug-likeness (QED) is 0.0394. The van der Waals surface area contributed by atoms with E-state index in [9.17, 15) is 49.2 Å². The lowest BCUT2D eigenvalue weighted by Gasteiger charge is -2.31. The van der Waals surface area contributed by atoms with Crippen LogP contribution in [0.4, 0.5) is 9.59 Å². The summed E-state index contributed by atoms with van der Waals surface area (Å²) < 4.78 is 10.6. The highest BCUT2D eigenvalue weighted by molar-refractivity contribution is 6.44. The van der Waals surface area contributed by atoms with E-state index in [0.717, 1.165) is 11.1 Å². The predicted octanol–water partition coefficient (Wildman–Crippen LogP) is 4.59. The van der Waals surface area contributed by atoms with Crippen LogP contribution in [-0.2, 0) is 37.1 Å². The molecule has 1 unspecified atom stereocenters. The van der Waals surface area contributed by atoms with Crippen LogP contribution in [-0.4, -0.2) is 112 Å². The Bertz CT molecular complexity index is 1790. The number of hydrogen-bond acceptors (Lipinski definition) is 13. The molecule has 0 saturated carbocycles. The fourth-order valence-corrected chi connectivity index (χ4v) is 7.41. The third-order valence-corrected chi connectivity index (χ3v) is 10.7. The van der Waals surface area contributed by atoms with E-state index in [1.54, 1.807) is 0 Å². The Kier molecular flexibility index (Phi) is 30.6. The summed E-state index contributed by atoms with van der Waals surface area (Å²) >= 11 is 0. The second-order valence-corrected chi connectivity index (χ2v) is 20.6. The summed E-state index contributed by atoms with van der Waals surface area (Å²) in [6, 6.07) is 15.2. The molecule has 0 saturated heterocycles. The van der Waals surface area contributed by atoms with Gasteiger partial charge in [-0.2, -0.15) is 0 Å². The van der Waals surface area contributed by atoms with Gasteiger partial charge in [-0.05, 0) is 85.2 Å². The fraction of sp³-hybridized carbons (Fsp3) is 0.660. The standard InChI is InChI=1S/C25H44BN3O6.C25H42BN3O6/c2*1-16(2)12-20(24(31)29-22(26(33)34)14-18(5)6)27-23(30)21(13-17(3)4)28-25(32)35-15-19-10-8-7-9-11-19/h7-11,16-18,20-23,27,30,33-34H,12-15H2,1-6H3,(H,28,32)(H,29,31);7-11,16-18,20-22,33-34H,12-15H2,1-6H3,(H,27,30)(H,28,32)(H,29,31)/t20-,21-,22-,23?;20-,21-,22-/m00/s1. The molecule has 0 bridgehead atoms. The molecule has 0 aromatic heterocycles. The molecule has 2 aromatic carbocycles. The Hall–Kier alpha value is -4.72. The van der Waals surface area contributed by atoms with E-state index < -0.39 is 86.4 Å². The molecule has 2 aromatic rings. The van der Waals surface area contributed by atoms with Gasteiger partial charge in [-0.15, -0.1) is 0 Å². The van der Waals surface area contributed by atoms with Gasteiger partial charge in [-0.25, -0.2) is 9.59 Å². The zero-order chi connectivity index (χ0) is 53.1. The minimum absolute atomic E-state index is 0.0712. The van der Waals surface area contributed by atoms with Crippen LogP contribution in [0.2, 0.25) is 0 Å². The number of hydrogen-bond donors (Lipinski definition) is 11. The predicted molar refractivity (Wildman–Crippen MR) is 273 cm³/mol. The normalized spacial score (nSPS) is 14.4. The molecule has 18 nitrogen and oxygen atoms in total. The van der Waals surface area contributed by atoms with Gasteiger partial charge >= 0.3 is 26.4 Å². The molecule has 5 amide bonds. The molecule has 20 heteroatoms. The molecule has 0 fully saturated rings. The smallest absolute Gasteiger partial charge is 0.445 e. The number of carbonyl (C=O) groups is 5. The van der Waals surface area contributed by atoms with Gasteiger partial charge in [0.05, 0.1) is 24.0 Å². The second kappa shape index (κ2) is 33.8. The monoisotopic (exact) mass is 985 g/mol. The van der Waals surface area contributed by atoms with E-state index >= 15 is 0 Å². The molecule has 0 aliphatic heterocycles. The Morgan fingerprint density at radius 3 is 1.14 bits per heavy atom. The SMILES string of the molecule is CC(C)C[C@H](NC(=O)[C@H](CC(C)C)NC(=O)[C@H](CC(C)C)NC(=O)OCc1ccccc1)B(O)O.CC(C)C[C@H](NC(=O)[C@H](CC(C)C)NC(O)[C@H](CC(C)C)NC(=O)OCc1ccccc1)B(O)O. The van der Waals surface area contributed by atoms with Gasteiger partial charge in [0.25, 0.3) is 0 Å². The number of aliphatic hydroxyl groups is 1. The summed E-state index contributed by atoms with van der Waals surface area (Å²) in [6.45, 7) is 23.4. The zero-order valence-corrected chi connectivity index (χ0v) is 43.7. The van der Waals surface area contributed by atoms with Crippen molar-refractivity contribution >= 4 is 44.1 Å². The van der Waals surface area contributed by atoms with Crippen LogP contribution in [0.25, 0.3) is 0 Å². The molecule has 0 aliphatic rings. The highest BCUT2D eigenvalue weighted by Gasteiger charge is 2.34. The number of benzene rings is 2. The van der Waals surface area contributed by atoms with Gasteiger partial charge in [0.15, 0.2) is 0 Å². The fourth-order valence-electron chi connectivity index (χ4n) is 7.41. The van der Waals surface area contributed by atoms with Crippen LogP contribution >= 0.6 is 0 Å². The highest BCUT2D eigenvalue weighted by atomic mass is 16.6.